The predicted molar refractivity (Wildman–Crippen MR) is 110 cm³/mol. The summed E-state index contributed by atoms with van der Waals surface area (Å²) in [5, 5.41) is 7.39. The number of benzene rings is 2. The van der Waals surface area contributed by atoms with Crippen LogP contribution >= 0.6 is 0 Å². The molecule has 8 heteroatoms. The van der Waals surface area contributed by atoms with Gasteiger partial charge in [-0.25, -0.2) is 13.8 Å². The molecular formula is C23H23F2N5O. The van der Waals surface area contributed by atoms with Gasteiger partial charge in [-0.15, -0.1) is 0 Å². The molecule has 31 heavy (non-hydrogen) atoms. The number of rotatable bonds is 4. The van der Waals surface area contributed by atoms with Crippen molar-refractivity contribution in [2.24, 2.45) is 5.92 Å². The fourth-order valence-corrected chi connectivity index (χ4v) is 4.99. The molecule has 160 valence electrons. The molecule has 0 radical (unpaired) electrons. The maximum Gasteiger partial charge on any atom is 0.253 e. The van der Waals surface area contributed by atoms with Crippen molar-refractivity contribution in [3.63, 3.8) is 0 Å². The SMILES string of the molecule is Cc1nc([C@@]23CN(Cc4ccc(F)c(F)c4)C[C@@H]2CN(C(=O)c2ccccc2)C3)n[nH]1. The first-order valence-corrected chi connectivity index (χ1v) is 10.3. The Morgan fingerprint density at radius 3 is 2.65 bits per heavy atom. The van der Waals surface area contributed by atoms with Gasteiger partial charge >= 0.3 is 0 Å². The number of aryl methyl sites for hydroxylation is 1. The number of aromatic nitrogens is 3. The van der Waals surface area contributed by atoms with Crippen LogP contribution < -0.4 is 0 Å². The van der Waals surface area contributed by atoms with E-state index in [1.807, 2.05) is 42.2 Å². The first-order chi connectivity index (χ1) is 14.9. The van der Waals surface area contributed by atoms with E-state index in [2.05, 4.69) is 20.1 Å². The number of amides is 1. The van der Waals surface area contributed by atoms with Crippen molar-refractivity contribution in [2.45, 2.75) is 18.9 Å². The molecule has 0 aliphatic carbocycles. The van der Waals surface area contributed by atoms with Gasteiger partial charge in [-0.3, -0.25) is 14.8 Å². The molecule has 3 heterocycles. The van der Waals surface area contributed by atoms with Crippen LogP contribution in [0.25, 0.3) is 0 Å². The van der Waals surface area contributed by atoms with E-state index in [0.29, 0.717) is 37.6 Å². The first-order valence-electron chi connectivity index (χ1n) is 10.3. The molecule has 2 aromatic carbocycles. The van der Waals surface area contributed by atoms with Gasteiger partial charge in [0, 0.05) is 44.2 Å². The average molecular weight is 423 g/mol. The molecule has 1 N–H and O–H groups in total. The number of fused-ring (bicyclic) bond motifs is 1. The lowest BCUT2D eigenvalue weighted by atomic mass is 9.80. The highest BCUT2D eigenvalue weighted by atomic mass is 19.2. The normalized spacial score (nSPS) is 23.3. The highest BCUT2D eigenvalue weighted by Crippen LogP contribution is 2.44. The van der Waals surface area contributed by atoms with Gasteiger partial charge in [0.15, 0.2) is 17.5 Å². The van der Waals surface area contributed by atoms with Crippen LogP contribution in [0.4, 0.5) is 8.78 Å². The first kappa shape index (κ1) is 19.8. The second-order valence-electron chi connectivity index (χ2n) is 8.57. The highest BCUT2D eigenvalue weighted by molar-refractivity contribution is 5.94. The standard InChI is InChI=1S/C23H23F2N5O/c1-15-26-22(28-27-15)23-13-29(10-16-7-8-19(24)20(25)9-16)11-18(23)12-30(14-23)21(31)17-5-3-2-4-6-17/h2-9,18H,10-14H2,1H3,(H,26,27,28)/t18-,23-/m1/s1. The van der Waals surface area contributed by atoms with E-state index in [9.17, 15) is 13.6 Å². The van der Waals surface area contributed by atoms with Crippen molar-refractivity contribution < 1.29 is 13.6 Å². The van der Waals surface area contributed by atoms with Gasteiger partial charge in [-0.2, -0.15) is 5.10 Å². The van der Waals surface area contributed by atoms with Crippen LogP contribution in [0.2, 0.25) is 0 Å². The molecule has 2 fully saturated rings. The number of H-pyrrole nitrogens is 1. The lowest BCUT2D eigenvalue weighted by molar-refractivity contribution is 0.0769. The Morgan fingerprint density at radius 2 is 1.94 bits per heavy atom. The van der Waals surface area contributed by atoms with E-state index < -0.39 is 17.0 Å². The fraction of sp³-hybridized carbons (Fsp3) is 0.348. The van der Waals surface area contributed by atoms with Gasteiger partial charge in [-0.05, 0) is 36.8 Å². The smallest absolute Gasteiger partial charge is 0.253 e. The van der Waals surface area contributed by atoms with Crippen molar-refractivity contribution in [1.29, 1.82) is 0 Å². The van der Waals surface area contributed by atoms with E-state index in [1.165, 1.54) is 6.07 Å². The lowest BCUT2D eigenvalue weighted by Crippen LogP contribution is -2.40. The number of nitrogens with zero attached hydrogens (tertiary/aromatic N) is 4. The summed E-state index contributed by atoms with van der Waals surface area (Å²) >= 11 is 0. The molecule has 0 saturated carbocycles. The minimum Gasteiger partial charge on any atom is -0.337 e. The van der Waals surface area contributed by atoms with E-state index in [4.69, 9.17) is 0 Å². The van der Waals surface area contributed by atoms with E-state index in [-0.39, 0.29) is 11.8 Å². The molecular weight excluding hydrogens is 400 g/mol. The molecule has 1 amide bonds. The Bertz CT molecular complexity index is 1120. The zero-order chi connectivity index (χ0) is 21.6. The summed E-state index contributed by atoms with van der Waals surface area (Å²) in [4.78, 5) is 21.8. The van der Waals surface area contributed by atoms with Crippen LogP contribution in [0.1, 0.15) is 27.6 Å². The van der Waals surface area contributed by atoms with E-state index in [0.717, 1.165) is 24.0 Å². The molecule has 0 bridgehead atoms. The minimum absolute atomic E-state index is 0.00814. The number of halogens is 2. The topological polar surface area (TPSA) is 65.1 Å². The summed E-state index contributed by atoms with van der Waals surface area (Å²) in [6.07, 6.45) is 0. The quantitative estimate of drug-likeness (QED) is 0.701. The van der Waals surface area contributed by atoms with Crippen molar-refractivity contribution in [3.8, 4) is 0 Å². The summed E-state index contributed by atoms with van der Waals surface area (Å²) in [6, 6.07) is 13.3. The zero-order valence-corrected chi connectivity index (χ0v) is 17.2. The monoisotopic (exact) mass is 423 g/mol. The molecule has 3 aromatic rings. The van der Waals surface area contributed by atoms with Crippen molar-refractivity contribution in [1.82, 2.24) is 25.0 Å². The Kier molecular flexibility index (Phi) is 4.81. The highest BCUT2D eigenvalue weighted by Gasteiger charge is 2.56. The zero-order valence-electron chi connectivity index (χ0n) is 17.2. The Balaban J connectivity index is 1.41. The van der Waals surface area contributed by atoms with Crippen molar-refractivity contribution in [2.75, 3.05) is 26.2 Å². The van der Waals surface area contributed by atoms with Gasteiger partial charge < -0.3 is 4.90 Å². The number of hydrogen-bond acceptors (Lipinski definition) is 4. The van der Waals surface area contributed by atoms with Gasteiger partial charge in [0.2, 0.25) is 0 Å². The van der Waals surface area contributed by atoms with Crippen LogP contribution in [0.5, 0.6) is 0 Å². The molecule has 2 aliphatic heterocycles. The fourth-order valence-electron chi connectivity index (χ4n) is 4.99. The van der Waals surface area contributed by atoms with Gasteiger partial charge in [0.1, 0.15) is 5.82 Å². The average Bonchev–Trinajstić information content (AvgIpc) is 3.43. The maximum absolute atomic E-state index is 13.7. The Labute approximate surface area is 178 Å². The molecule has 6 nitrogen and oxygen atoms in total. The number of carbonyl (C=O) groups is 1. The van der Waals surface area contributed by atoms with Gasteiger partial charge in [-0.1, -0.05) is 24.3 Å². The molecule has 0 unspecified atom stereocenters. The Hall–Kier alpha value is -3.13. The van der Waals surface area contributed by atoms with Crippen molar-refractivity contribution in [3.05, 3.63) is 82.9 Å². The molecule has 2 atom stereocenters. The van der Waals surface area contributed by atoms with Crippen molar-refractivity contribution >= 4 is 5.91 Å². The van der Waals surface area contributed by atoms with Gasteiger partial charge in [0.05, 0.1) is 5.41 Å². The number of aromatic amines is 1. The summed E-state index contributed by atoms with van der Waals surface area (Å²) in [6.45, 7) is 4.87. The van der Waals surface area contributed by atoms with Crippen LogP contribution in [-0.2, 0) is 12.0 Å². The Morgan fingerprint density at radius 1 is 1.13 bits per heavy atom. The van der Waals surface area contributed by atoms with Crippen LogP contribution in [-0.4, -0.2) is 57.1 Å². The second kappa shape index (κ2) is 7.53. The third kappa shape index (κ3) is 3.50. The minimum atomic E-state index is -0.843. The molecule has 1 aromatic heterocycles. The number of nitrogens with one attached hydrogen (secondary N) is 1. The van der Waals surface area contributed by atoms with Crippen LogP contribution in [0.15, 0.2) is 48.5 Å². The molecule has 2 saturated heterocycles. The van der Waals surface area contributed by atoms with Gasteiger partial charge in [0.25, 0.3) is 5.91 Å². The summed E-state index contributed by atoms with van der Waals surface area (Å²) in [7, 11) is 0. The second-order valence-corrected chi connectivity index (χ2v) is 8.57. The molecule has 5 rings (SSSR count). The molecule has 0 spiro atoms. The van der Waals surface area contributed by atoms with E-state index in [1.54, 1.807) is 6.07 Å². The lowest BCUT2D eigenvalue weighted by Gasteiger charge is -2.27. The summed E-state index contributed by atoms with van der Waals surface area (Å²) in [5.74, 6) is -0.0729. The maximum atomic E-state index is 13.7. The number of likely N-dealkylation sites (tertiary alicyclic amines) is 2. The number of carbonyl (C=O) groups excluding carboxylic acids is 1. The number of hydrogen-bond donors (Lipinski definition) is 1. The van der Waals surface area contributed by atoms with Crippen LogP contribution in [0.3, 0.4) is 0 Å². The predicted octanol–water partition coefficient (Wildman–Crippen LogP) is 2.92. The molecule has 2 aliphatic rings. The summed E-state index contributed by atoms with van der Waals surface area (Å²) < 4.78 is 27.0. The summed E-state index contributed by atoms with van der Waals surface area (Å²) in [5.41, 5.74) is 0.994. The van der Waals surface area contributed by atoms with Crippen LogP contribution in [0, 0.1) is 24.5 Å². The largest absolute Gasteiger partial charge is 0.337 e. The third-order valence-corrected chi connectivity index (χ3v) is 6.42. The third-order valence-electron chi connectivity index (χ3n) is 6.42. The van der Waals surface area contributed by atoms with E-state index >= 15 is 0 Å².